The monoisotopic (exact) mass is 241 g/mol. The van der Waals surface area contributed by atoms with Crippen LogP contribution in [0.5, 0.6) is 0 Å². The van der Waals surface area contributed by atoms with Gasteiger partial charge in [-0.2, -0.15) is 0 Å². The number of benzene rings is 1. The summed E-state index contributed by atoms with van der Waals surface area (Å²) in [6.45, 7) is 0.226. The number of nitrogens with two attached hydrogens (primary N) is 1. The number of H-pyrrole nitrogens is 1. The van der Waals surface area contributed by atoms with Crippen molar-refractivity contribution in [3.63, 3.8) is 0 Å². The molecular formula is C14H15N3O. The number of hydrogen-bond donors (Lipinski definition) is 2. The Morgan fingerprint density at radius 3 is 3.00 bits per heavy atom. The van der Waals surface area contributed by atoms with Gasteiger partial charge in [0.2, 0.25) is 0 Å². The Kier molecular flexibility index (Phi) is 2.72. The van der Waals surface area contributed by atoms with Gasteiger partial charge < -0.3 is 10.7 Å². The summed E-state index contributed by atoms with van der Waals surface area (Å²) in [5.41, 5.74) is 8.52. The third-order valence-electron chi connectivity index (χ3n) is 3.58. The highest BCUT2D eigenvalue weighted by molar-refractivity contribution is 5.38. The van der Waals surface area contributed by atoms with Crippen molar-refractivity contribution < 1.29 is 0 Å². The predicted molar refractivity (Wildman–Crippen MR) is 69.4 cm³/mol. The molecule has 0 bridgehead atoms. The first-order valence-corrected chi connectivity index (χ1v) is 6.15. The SMILES string of the molecule is NCc1cnc(C2CCc3ccccc32)[nH]c1=O. The maximum Gasteiger partial charge on any atom is 0.255 e. The standard InChI is InChI=1S/C14H15N3O/c15-7-10-8-16-13(17-14(10)18)12-6-5-9-3-1-2-4-11(9)12/h1-4,8,12H,5-7,15H2,(H,16,17,18). The van der Waals surface area contributed by atoms with Gasteiger partial charge in [0.25, 0.3) is 5.56 Å². The van der Waals surface area contributed by atoms with Gasteiger partial charge in [0.05, 0.1) is 0 Å². The van der Waals surface area contributed by atoms with Gasteiger partial charge in [0.15, 0.2) is 0 Å². The molecule has 1 heterocycles. The van der Waals surface area contributed by atoms with Crippen molar-refractivity contribution in [2.45, 2.75) is 25.3 Å². The molecule has 0 radical (unpaired) electrons. The highest BCUT2D eigenvalue weighted by Crippen LogP contribution is 2.35. The van der Waals surface area contributed by atoms with Crippen LogP contribution in [-0.2, 0) is 13.0 Å². The minimum atomic E-state index is -0.119. The predicted octanol–water partition coefficient (Wildman–Crippen LogP) is 1.31. The van der Waals surface area contributed by atoms with E-state index in [1.165, 1.54) is 11.1 Å². The second-order valence-electron chi connectivity index (χ2n) is 4.62. The van der Waals surface area contributed by atoms with Crippen molar-refractivity contribution in [2.24, 2.45) is 5.73 Å². The van der Waals surface area contributed by atoms with E-state index in [2.05, 4.69) is 28.2 Å². The van der Waals surface area contributed by atoms with E-state index >= 15 is 0 Å². The molecule has 0 fully saturated rings. The third kappa shape index (κ3) is 1.75. The second kappa shape index (κ2) is 4.38. The van der Waals surface area contributed by atoms with Crippen LogP contribution in [0.3, 0.4) is 0 Å². The number of hydrogen-bond acceptors (Lipinski definition) is 3. The topological polar surface area (TPSA) is 71.8 Å². The maximum atomic E-state index is 11.8. The average Bonchev–Trinajstić information content (AvgIpc) is 2.82. The van der Waals surface area contributed by atoms with Gasteiger partial charge in [-0.3, -0.25) is 4.79 Å². The average molecular weight is 241 g/mol. The Labute approximate surface area is 105 Å². The van der Waals surface area contributed by atoms with E-state index in [1.54, 1.807) is 6.20 Å². The fourth-order valence-corrected chi connectivity index (χ4v) is 2.60. The fourth-order valence-electron chi connectivity index (χ4n) is 2.60. The molecular weight excluding hydrogens is 226 g/mol. The van der Waals surface area contributed by atoms with Crippen molar-refractivity contribution in [1.82, 2.24) is 9.97 Å². The summed E-state index contributed by atoms with van der Waals surface area (Å²) in [5.74, 6) is 0.961. The lowest BCUT2D eigenvalue weighted by Gasteiger charge is -2.10. The molecule has 0 saturated carbocycles. The van der Waals surface area contributed by atoms with E-state index in [0.717, 1.165) is 18.7 Å². The molecule has 4 heteroatoms. The summed E-state index contributed by atoms with van der Waals surface area (Å²) in [5, 5.41) is 0. The summed E-state index contributed by atoms with van der Waals surface area (Å²) < 4.78 is 0. The van der Waals surface area contributed by atoms with Crippen LogP contribution in [0.4, 0.5) is 0 Å². The summed E-state index contributed by atoms with van der Waals surface area (Å²) in [6, 6.07) is 8.34. The minimum Gasteiger partial charge on any atom is -0.326 e. The molecule has 1 unspecified atom stereocenters. The van der Waals surface area contributed by atoms with E-state index in [-0.39, 0.29) is 18.0 Å². The quantitative estimate of drug-likeness (QED) is 0.832. The Morgan fingerprint density at radius 1 is 1.39 bits per heavy atom. The Balaban J connectivity index is 2.03. The number of fused-ring (bicyclic) bond motifs is 1. The van der Waals surface area contributed by atoms with Gasteiger partial charge in [0, 0.05) is 24.2 Å². The van der Waals surface area contributed by atoms with Crippen LogP contribution < -0.4 is 11.3 Å². The Bertz CT molecular complexity index is 633. The van der Waals surface area contributed by atoms with Crippen LogP contribution in [-0.4, -0.2) is 9.97 Å². The van der Waals surface area contributed by atoms with Gasteiger partial charge in [-0.25, -0.2) is 4.98 Å². The first kappa shape index (κ1) is 11.2. The lowest BCUT2D eigenvalue weighted by atomic mass is 10.0. The van der Waals surface area contributed by atoms with E-state index < -0.39 is 0 Å². The molecule has 92 valence electrons. The summed E-state index contributed by atoms with van der Waals surface area (Å²) in [4.78, 5) is 19.0. The van der Waals surface area contributed by atoms with Gasteiger partial charge in [0.1, 0.15) is 5.82 Å². The van der Waals surface area contributed by atoms with E-state index in [9.17, 15) is 4.79 Å². The van der Waals surface area contributed by atoms with Crippen molar-refractivity contribution in [1.29, 1.82) is 0 Å². The molecule has 2 aromatic rings. The lowest BCUT2D eigenvalue weighted by Crippen LogP contribution is -2.20. The number of nitrogens with zero attached hydrogens (tertiary/aromatic N) is 1. The second-order valence-corrected chi connectivity index (χ2v) is 4.62. The summed E-state index contributed by atoms with van der Waals surface area (Å²) in [7, 11) is 0. The van der Waals surface area contributed by atoms with Crippen LogP contribution in [0, 0.1) is 0 Å². The molecule has 0 amide bonds. The molecule has 1 atom stereocenters. The molecule has 1 aliphatic carbocycles. The Hall–Kier alpha value is -1.94. The molecule has 0 saturated heterocycles. The fraction of sp³-hybridized carbons (Fsp3) is 0.286. The lowest BCUT2D eigenvalue weighted by molar-refractivity contribution is 0.718. The van der Waals surface area contributed by atoms with Crippen molar-refractivity contribution in [3.8, 4) is 0 Å². The maximum absolute atomic E-state index is 11.8. The number of rotatable bonds is 2. The van der Waals surface area contributed by atoms with Crippen LogP contribution in [0.15, 0.2) is 35.3 Å². The smallest absolute Gasteiger partial charge is 0.255 e. The summed E-state index contributed by atoms with van der Waals surface area (Å²) in [6.07, 6.45) is 3.64. The van der Waals surface area contributed by atoms with Crippen LogP contribution in [0.1, 0.15) is 34.9 Å². The van der Waals surface area contributed by atoms with E-state index in [0.29, 0.717) is 5.56 Å². The van der Waals surface area contributed by atoms with Crippen molar-refractivity contribution in [3.05, 3.63) is 63.3 Å². The van der Waals surface area contributed by atoms with Crippen molar-refractivity contribution in [2.75, 3.05) is 0 Å². The first-order valence-electron chi connectivity index (χ1n) is 6.15. The van der Waals surface area contributed by atoms with Crippen LogP contribution in [0.25, 0.3) is 0 Å². The molecule has 1 aromatic carbocycles. The summed E-state index contributed by atoms with van der Waals surface area (Å²) >= 11 is 0. The number of aromatic nitrogens is 2. The normalized spacial score (nSPS) is 17.7. The Morgan fingerprint density at radius 2 is 2.22 bits per heavy atom. The molecule has 3 N–H and O–H groups in total. The molecule has 18 heavy (non-hydrogen) atoms. The van der Waals surface area contributed by atoms with Crippen LogP contribution in [0.2, 0.25) is 0 Å². The van der Waals surface area contributed by atoms with E-state index in [1.807, 2.05) is 6.07 Å². The number of nitrogens with one attached hydrogen (secondary N) is 1. The molecule has 1 aliphatic rings. The number of aryl methyl sites for hydroxylation is 1. The molecule has 3 rings (SSSR count). The van der Waals surface area contributed by atoms with Gasteiger partial charge >= 0.3 is 0 Å². The van der Waals surface area contributed by atoms with Crippen molar-refractivity contribution >= 4 is 0 Å². The van der Waals surface area contributed by atoms with Gasteiger partial charge in [-0.05, 0) is 24.0 Å². The van der Waals surface area contributed by atoms with E-state index in [4.69, 9.17) is 5.73 Å². The molecule has 4 nitrogen and oxygen atoms in total. The third-order valence-corrected chi connectivity index (χ3v) is 3.58. The zero-order chi connectivity index (χ0) is 12.5. The molecule has 0 aliphatic heterocycles. The zero-order valence-electron chi connectivity index (χ0n) is 10.0. The number of aromatic amines is 1. The molecule has 1 aromatic heterocycles. The highest BCUT2D eigenvalue weighted by atomic mass is 16.1. The first-order chi connectivity index (χ1) is 8.79. The zero-order valence-corrected chi connectivity index (χ0v) is 10.0. The van der Waals surface area contributed by atoms with Gasteiger partial charge in [-0.1, -0.05) is 24.3 Å². The molecule has 0 spiro atoms. The van der Waals surface area contributed by atoms with Gasteiger partial charge in [-0.15, -0.1) is 0 Å². The van der Waals surface area contributed by atoms with Crippen LogP contribution >= 0.6 is 0 Å². The minimum absolute atomic E-state index is 0.119. The largest absolute Gasteiger partial charge is 0.326 e. The highest BCUT2D eigenvalue weighted by Gasteiger charge is 2.25.